The maximum absolute atomic E-state index is 12.4. The maximum Gasteiger partial charge on any atom is 0.321 e. The lowest BCUT2D eigenvalue weighted by atomic mass is 9.98. The third-order valence-electron chi connectivity index (χ3n) is 6.39. The van der Waals surface area contributed by atoms with E-state index in [1.165, 1.54) is 5.56 Å². The molecule has 2 fully saturated rings. The van der Waals surface area contributed by atoms with Crippen LogP contribution in [0.4, 0.5) is 10.5 Å². The fraction of sp³-hybridized carbons (Fsp3) is 0.462. The summed E-state index contributed by atoms with van der Waals surface area (Å²) in [7, 11) is 1.70. The number of nitrogens with zero attached hydrogens (tertiary/aromatic N) is 3. The fourth-order valence-corrected chi connectivity index (χ4v) is 4.56. The zero-order valence-electron chi connectivity index (χ0n) is 20.1. The number of carbonyl (C=O) groups excluding carboxylic acids is 1. The Morgan fingerprint density at radius 1 is 1.09 bits per heavy atom. The number of benzene rings is 2. The number of anilines is 1. The number of nitrogens with one attached hydrogen (secondary N) is 2. The van der Waals surface area contributed by atoms with Crippen molar-refractivity contribution in [2.24, 2.45) is 4.99 Å². The lowest BCUT2D eigenvalue weighted by Crippen LogP contribution is -2.40. The van der Waals surface area contributed by atoms with E-state index < -0.39 is 0 Å². The molecule has 4 rings (SSSR count). The number of guanidine groups is 1. The zero-order valence-corrected chi connectivity index (χ0v) is 22.5. The molecule has 2 aliphatic heterocycles. The van der Waals surface area contributed by atoms with E-state index in [0.717, 1.165) is 74.9 Å². The monoisotopic (exact) mass is 577 g/mol. The molecule has 0 saturated carbocycles. The summed E-state index contributed by atoms with van der Waals surface area (Å²) in [6, 6.07) is 16.4. The van der Waals surface area contributed by atoms with Gasteiger partial charge in [-0.25, -0.2) is 9.79 Å². The molecule has 2 heterocycles. The first-order valence-electron chi connectivity index (χ1n) is 12.0. The van der Waals surface area contributed by atoms with Crippen LogP contribution in [-0.2, 0) is 6.54 Å². The number of methoxy groups -OCH3 is 1. The van der Waals surface area contributed by atoms with Crippen molar-refractivity contribution >= 4 is 41.7 Å². The van der Waals surface area contributed by atoms with Crippen LogP contribution in [0.15, 0.2) is 53.5 Å². The van der Waals surface area contributed by atoms with Crippen molar-refractivity contribution in [3.63, 3.8) is 0 Å². The van der Waals surface area contributed by atoms with Gasteiger partial charge in [-0.3, -0.25) is 0 Å². The number of aliphatic imine (C=N–C) groups is 1. The molecule has 184 valence electrons. The van der Waals surface area contributed by atoms with Gasteiger partial charge >= 0.3 is 6.03 Å². The number of halogens is 1. The topological polar surface area (TPSA) is 69.2 Å². The smallest absolute Gasteiger partial charge is 0.321 e. The third-order valence-corrected chi connectivity index (χ3v) is 6.39. The van der Waals surface area contributed by atoms with Crippen molar-refractivity contribution in [1.82, 2.24) is 15.1 Å². The Morgan fingerprint density at radius 3 is 2.56 bits per heavy atom. The molecule has 0 spiro atoms. The lowest BCUT2D eigenvalue weighted by molar-refractivity contribution is 0.222. The SMILES string of the molecule is CCNC(=NCc1cccc(NC(=O)N2CCCC2)c1)N1CCC(c2ccc(OC)cc2)C1.I. The fourth-order valence-electron chi connectivity index (χ4n) is 4.56. The highest BCUT2D eigenvalue weighted by Crippen LogP contribution is 2.28. The molecular weight excluding hydrogens is 541 g/mol. The summed E-state index contributed by atoms with van der Waals surface area (Å²) < 4.78 is 5.29. The van der Waals surface area contributed by atoms with E-state index in [0.29, 0.717) is 12.5 Å². The van der Waals surface area contributed by atoms with Crippen LogP contribution >= 0.6 is 24.0 Å². The third kappa shape index (κ3) is 6.77. The van der Waals surface area contributed by atoms with E-state index in [-0.39, 0.29) is 30.0 Å². The predicted octanol–water partition coefficient (Wildman–Crippen LogP) is 4.90. The van der Waals surface area contributed by atoms with Gasteiger partial charge in [-0.05, 0) is 61.6 Å². The summed E-state index contributed by atoms with van der Waals surface area (Å²) in [6.45, 7) is 7.11. The molecule has 7 nitrogen and oxygen atoms in total. The van der Waals surface area contributed by atoms with E-state index in [1.807, 2.05) is 35.2 Å². The van der Waals surface area contributed by atoms with Crippen LogP contribution in [0.2, 0.25) is 0 Å². The molecule has 2 aromatic rings. The number of ether oxygens (including phenoxy) is 1. The number of likely N-dealkylation sites (tertiary alicyclic amines) is 2. The average molecular weight is 578 g/mol. The van der Waals surface area contributed by atoms with E-state index in [4.69, 9.17) is 9.73 Å². The number of carbonyl (C=O) groups is 1. The highest BCUT2D eigenvalue weighted by Gasteiger charge is 2.26. The van der Waals surface area contributed by atoms with Crippen molar-refractivity contribution in [2.75, 3.05) is 45.2 Å². The second kappa shape index (κ2) is 12.8. The van der Waals surface area contributed by atoms with Gasteiger partial charge in [-0.1, -0.05) is 24.3 Å². The molecule has 2 N–H and O–H groups in total. The van der Waals surface area contributed by atoms with Crippen LogP contribution in [0.5, 0.6) is 5.75 Å². The Labute approximate surface area is 220 Å². The molecule has 0 radical (unpaired) electrons. The maximum atomic E-state index is 12.4. The molecule has 2 aliphatic rings. The van der Waals surface area contributed by atoms with Gasteiger partial charge in [0.25, 0.3) is 0 Å². The Kier molecular flexibility index (Phi) is 9.86. The zero-order chi connectivity index (χ0) is 23.0. The quantitative estimate of drug-likeness (QED) is 0.292. The van der Waals surface area contributed by atoms with Gasteiger partial charge in [-0.15, -0.1) is 24.0 Å². The molecule has 0 bridgehead atoms. The average Bonchev–Trinajstić information content (AvgIpc) is 3.55. The van der Waals surface area contributed by atoms with Gasteiger partial charge in [0.15, 0.2) is 5.96 Å². The van der Waals surface area contributed by atoms with E-state index in [2.05, 4.69) is 40.7 Å². The van der Waals surface area contributed by atoms with Crippen molar-refractivity contribution in [3.05, 3.63) is 59.7 Å². The molecule has 0 aliphatic carbocycles. The van der Waals surface area contributed by atoms with Crippen molar-refractivity contribution in [2.45, 2.75) is 38.6 Å². The summed E-state index contributed by atoms with van der Waals surface area (Å²) in [5.41, 5.74) is 3.25. The van der Waals surface area contributed by atoms with Crippen LogP contribution in [0, 0.1) is 0 Å². The lowest BCUT2D eigenvalue weighted by Gasteiger charge is -2.22. The van der Waals surface area contributed by atoms with Gasteiger partial charge in [0.2, 0.25) is 0 Å². The van der Waals surface area contributed by atoms with Gasteiger partial charge in [0, 0.05) is 44.3 Å². The standard InChI is InChI=1S/C26H35N5O2.HI/c1-3-27-25(31-16-13-22(19-31)21-9-11-24(33-2)12-10-21)28-18-20-7-6-8-23(17-20)29-26(32)30-14-4-5-15-30;/h6-12,17,22H,3-5,13-16,18-19H2,1-2H3,(H,27,28)(H,29,32);1H. The highest BCUT2D eigenvalue weighted by atomic mass is 127. The van der Waals surface area contributed by atoms with Crippen LogP contribution in [0.3, 0.4) is 0 Å². The van der Waals surface area contributed by atoms with Crippen LogP contribution in [0.25, 0.3) is 0 Å². The molecule has 1 unspecified atom stereocenters. The second-order valence-corrected chi connectivity index (χ2v) is 8.70. The molecule has 1 atom stereocenters. The first-order valence-corrected chi connectivity index (χ1v) is 12.0. The van der Waals surface area contributed by atoms with E-state index >= 15 is 0 Å². The second-order valence-electron chi connectivity index (χ2n) is 8.70. The van der Waals surface area contributed by atoms with Gasteiger partial charge in [0.05, 0.1) is 13.7 Å². The summed E-state index contributed by atoms with van der Waals surface area (Å²) in [4.78, 5) is 21.5. The summed E-state index contributed by atoms with van der Waals surface area (Å²) in [5.74, 6) is 2.33. The number of urea groups is 1. The Bertz CT molecular complexity index is 960. The summed E-state index contributed by atoms with van der Waals surface area (Å²) >= 11 is 0. The molecule has 2 saturated heterocycles. The molecule has 2 amide bonds. The molecule has 34 heavy (non-hydrogen) atoms. The minimum absolute atomic E-state index is 0. The number of hydrogen-bond acceptors (Lipinski definition) is 3. The number of rotatable bonds is 6. The predicted molar refractivity (Wildman–Crippen MR) is 148 cm³/mol. The van der Waals surface area contributed by atoms with Crippen LogP contribution in [-0.4, -0.2) is 61.6 Å². The van der Waals surface area contributed by atoms with Gasteiger partial charge in [0.1, 0.15) is 5.75 Å². The van der Waals surface area contributed by atoms with Gasteiger partial charge < -0.3 is 25.2 Å². The first kappa shape index (κ1) is 26.1. The Balaban J connectivity index is 0.00000324. The number of hydrogen-bond donors (Lipinski definition) is 2. The van der Waals surface area contributed by atoms with Crippen LogP contribution < -0.4 is 15.4 Å². The van der Waals surface area contributed by atoms with E-state index in [1.54, 1.807) is 7.11 Å². The van der Waals surface area contributed by atoms with Gasteiger partial charge in [-0.2, -0.15) is 0 Å². The minimum Gasteiger partial charge on any atom is -0.497 e. The summed E-state index contributed by atoms with van der Waals surface area (Å²) in [6.07, 6.45) is 3.28. The normalized spacial score (nSPS) is 17.9. The Morgan fingerprint density at radius 2 is 1.85 bits per heavy atom. The van der Waals surface area contributed by atoms with Crippen molar-refractivity contribution in [1.29, 1.82) is 0 Å². The Hall–Kier alpha value is -2.49. The summed E-state index contributed by atoms with van der Waals surface area (Å²) in [5, 5.41) is 6.48. The van der Waals surface area contributed by atoms with Crippen LogP contribution in [0.1, 0.15) is 43.2 Å². The first-order chi connectivity index (χ1) is 16.2. The highest BCUT2D eigenvalue weighted by molar-refractivity contribution is 14.0. The number of amides is 2. The van der Waals surface area contributed by atoms with E-state index in [9.17, 15) is 4.79 Å². The molecule has 2 aromatic carbocycles. The molecular formula is C26H36IN5O2. The van der Waals surface area contributed by atoms with Crippen molar-refractivity contribution in [3.8, 4) is 5.75 Å². The molecule has 0 aromatic heterocycles. The molecule has 8 heteroatoms. The van der Waals surface area contributed by atoms with Crippen molar-refractivity contribution < 1.29 is 9.53 Å². The minimum atomic E-state index is -0.0110. The largest absolute Gasteiger partial charge is 0.497 e.